The molecule has 0 radical (unpaired) electrons. The molecule has 1 unspecified atom stereocenters. The van der Waals surface area contributed by atoms with Crippen LogP contribution in [-0.4, -0.2) is 25.4 Å². The van der Waals surface area contributed by atoms with Gasteiger partial charge in [-0.2, -0.15) is 18.4 Å². The Morgan fingerprint density at radius 2 is 1.81 bits per heavy atom. The highest BCUT2D eigenvalue weighted by Crippen LogP contribution is 2.45. The van der Waals surface area contributed by atoms with Gasteiger partial charge in [-0.1, -0.05) is 38.4 Å². The van der Waals surface area contributed by atoms with E-state index in [1.165, 1.54) is 43.5 Å². The van der Waals surface area contributed by atoms with Gasteiger partial charge in [0.15, 0.2) is 0 Å². The van der Waals surface area contributed by atoms with Crippen molar-refractivity contribution in [1.82, 2.24) is 5.32 Å². The van der Waals surface area contributed by atoms with Crippen LogP contribution in [-0.2, 0) is 11.8 Å². The first-order valence-electron chi connectivity index (χ1n) is 10.2. The molecule has 3 nitrogen and oxygen atoms in total. The van der Waals surface area contributed by atoms with Gasteiger partial charge in [-0.15, -0.1) is 0 Å². The molecule has 0 fully saturated rings. The van der Waals surface area contributed by atoms with Crippen molar-refractivity contribution in [3.63, 3.8) is 0 Å². The summed E-state index contributed by atoms with van der Waals surface area (Å²) >= 11 is 6.24. The molecular formula is C24H27ClF4N2O. The predicted molar refractivity (Wildman–Crippen MR) is 118 cm³/mol. The fourth-order valence-electron chi connectivity index (χ4n) is 4.00. The molecule has 2 aromatic carbocycles. The number of alkyl halides is 3. The molecule has 0 aliphatic carbocycles. The van der Waals surface area contributed by atoms with Crippen molar-refractivity contribution in [3.8, 4) is 11.8 Å². The van der Waals surface area contributed by atoms with Crippen molar-refractivity contribution >= 4 is 11.6 Å². The van der Waals surface area contributed by atoms with E-state index in [-0.39, 0.29) is 29.1 Å². The van der Waals surface area contributed by atoms with E-state index in [0.717, 1.165) is 0 Å². The summed E-state index contributed by atoms with van der Waals surface area (Å²) in [6.45, 7) is 5.19. The molecule has 0 aliphatic heterocycles. The fraction of sp³-hybridized carbons (Fsp3) is 0.458. The largest absolute Gasteiger partial charge is 0.496 e. The highest BCUT2D eigenvalue weighted by atomic mass is 35.5. The molecule has 0 saturated carbocycles. The van der Waals surface area contributed by atoms with E-state index in [9.17, 15) is 17.6 Å². The lowest BCUT2D eigenvalue weighted by Gasteiger charge is -2.43. The second-order valence-electron chi connectivity index (χ2n) is 8.51. The van der Waals surface area contributed by atoms with Gasteiger partial charge in [0, 0.05) is 17.0 Å². The maximum absolute atomic E-state index is 14.7. The van der Waals surface area contributed by atoms with E-state index in [1.807, 2.05) is 6.07 Å². The van der Waals surface area contributed by atoms with Crippen molar-refractivity contribution in [1.29, 1.82) is 5.26 Å². The second-order valence-corrected chi connectivity index (χ2v) is 8.91. The summed E-state index contributed by atoms with van der Waals surface area (Å²) in [6, 6.07) is 10.0. The van der Waals surface area contributed by atoms with E-state index < -0.39 is 29.4 Å². The smallest absolute Gasteiger partial charge is 0.406 e. The van der Waals surface area contributed by atoms with Crippen LogP contribution >= 0.6 is 11.6 Å². The Morgan fingerprint density at radius 1 is 1.12 bits per heavy atom. The molecule has 32 heavy (non-hydrogen) atoms. The Bertz CT molecular complexity index is 985. The maximum atomic E-state index is 14.7. The molecule has 0 amide bonds. The lowest BCUT2D eigenvalue weighted by atomic mass is 9.71. The molecule has 2 aromatic rings. The van der Waals surface area contributed by atoms with Crippen LogP contribution in [0.25, 0.3) is 0 Å². The third-order valence-corrected chi connectivity index (χ3v) is 5.92. The topological polar surface area (TPSA) is 45.0 Å². The highest BCUT2D eigenvalue weighted by Gasteiger charge is 2.56. The van der Waals surface area contributed by atoms with Crippen molar-refractivity contribution in [2.75, 3.05) is 13.7 Å². The minimum atomic E-state index is -4.64. The van der Waals surface area contributed by atoms with Crippen molar-refractivity contribution in [3.05, 3.63) is 63.9 Å². The number of rotatable bonds is 9. The number of hydrogen-bond donors (Lipinski definition) is 1. The average molecular weight is 471 g/mol. The van der Waals surface area contributed by atoms with Gasteiger partial charge in [0.1, 0.15) is 17.1 Å². The zero-order chi connectivity index (χ0) is 24.2. The number of nitriles is 1. The minimum absolute atomic E-state index is 0.0946. The van der Waals surface area contributed by atoms with E-state index in [2.05, 4.69) is 5.32 Å². The van der Waals surface area contributed by atoms with Gasteiger partial charge in [-0.05, 0) is 60.7 Å². The van der Waals surface area contributed by atoms with E-state index in [4.69, 9.17) is 21.6 Å². The lowest BCUT2D eigenvalue weighted by molar-refractivity contribution is -0.202. The van der Waals surface area contributed by atoms with Crippen LogP contribution in [0.1, 0.15) is 50.3 Å². The molecular weight excluding hydrogens is 444 g/mol. The van der Waals surface area contributed by atoms with Crippen LogP contribution in [0.3, 0.4) is 0 Å². The van der Waals surface area contributed by atoms with Crippen LogP contribution in [0.15, 0.2) is 36.4 Å². The third kappa shape index (κ3) is 5.73. The predicted octanol–water partition coefficient (Wildman–Crippen LogP) is 6.57. The molecule has 8 heteroatoms. The SMILES string of the molecule is CCCNC(Cc1ccc(C#N)cc1Cl)(CC(C)(C)c1cc(F)ccc1OC)C(F)(F)F. The number of benzene rings is 2. The quantitative estimate of drug-likeness (QED) is 0.421. The molecule has 0 bridgehead atoms. The molecule has 0 saturated heterocycles. The Morgan fingerprint density at radius 3 is 2.34 bits per heavy atom. The summed E-state index contributed by atoms with van der Waals surface area (Å²) in [4.78, 5) is 0. The number of hydrogen-bond acceptors (Lipinski definition) is 3. The summed E-state index contributed by atoms with van der Waals surface area (Å²) < 4.78 is 63.4. The first kappa shape index (κ1) is 26.0. The van der Waals surface area contributed by atoms with Crippen molar-refractivity contribution in [2.45, 2.75) is 57.2 Å². The van der Waals surface area contributed by atoms with Crippen LogP contribution in [0.2, 0.25) is 5.02 Å². The summed E-state index contributed by atoms with van der Waals surface area (Å²) in [5, 5.41) is 11.9. The summed E-state index contributed by atoms with van der Waals surface area (Å²) in [6.07, 6.45) is -4.98. The van der Waals surface area contributed by atoms with Gasteiger partial charge >= 0.3 is 6.18 Å². The van der Waals surface area contributed by atoms with E-state index in [1.54, 1.807) is 20.8 Å². The van der Waals surface area contributed by atoms with Gasteiger partial charge in [-0.25, -0.2) is 4.39 Å². The molecule has 174 valence electrons. The molecule has 0 aliphatic rings. The van der Waals surface area contributed by atoms with Crippen molar-refractivity contribution in [2.24, 2.45) is 0 Å². The molecule has 0 aromatic heterocycles. The number of halogens is 5. The summed E-state index contributed by atoms with van der Waals surface area (Å²) in [7, 11) is 1.40. The van der Waals surface area contributed by atoms with Crippen LogP contribution in [0, 0.1) is 17.1 Å². The molecule has 2 rings (SSSR count). The first-order valence-corrected chi connectivity index (χ1v) is 10.6. The third-order valence-electron chi connectivity index (χ3n) is 5.56. The Balaban J connectivity index is 2.60. The summed E-state index contributed by atoms with van der Waals surface area (Å²) in [5.74, 6) is -0.234. The molecule has 1 N–H and O–H groups in total. The molecule has 1 atom stereocenters. The van der Waals surface area contributed by atoms with Gasteiger partial charge in [0.2, 0.25) is 0 Å². The normalized spacial score (nSPS) is 14.0. The summed E-state index contributed by atoms with van der Waals surface area (Å²) in [5.41, 5.74) is -2.57. The maximum Gasteiger partial charge on any atom is 0.406 e. The molecule has 0 heterocycles. The monoisotopic (exact) mass is 470 g/mol. The number of ether oxygens (including phenoxy) is 1. The van der Waals surface area contributed by atoms with E-state index >= 15 is 0 Å². The highest BCUT2D eigenvalue weighted by molar-refractivity contribution is 6.31. The van der Waals surface area contributed by atoms with Gasteiger partial charge in [-0.3, -0.25) is 0 Å². The van der Waals surface area contributed by atoms with Gasteiger partial charge in [0.05, 0.1) is 18.7 Å². The minimum Gasteiger partial charge on any atom is -0.496 e. The lowest BCUT2D eigenvalue weighted by Crippen LogP contribution is -2.61. The number of nitrogens with zero attached hydrogens (tertiary/aromatic N) is 1. The second kappa shape index (κ2) is 10.1. The standard InChI is InChI=1S/C24H27ClF4N2O/c1-5-10-31-23(24(27,28)29,13-17-7-6-16(14-30)11-20(17)25)15-22(2,3)19-12-18(26)8-9-21(19)32-4/h6-9,11-12,31H,5,10,13,15H2,1-4H3. The Labute approximate surface area is 191 Å². The van der Waals surface area contributed by atoms with Gasteiger partial charge in [0.25, 0.3) is 0 Å². The number of methoxy groups -OCH3 is 1. The van der Waals surface area contributed by atoms with E-state index in [0.29, 0.717) is 17.7 Å². The Kier molecular flexibility index (Phi) is 8.19. The number of nitrogens with one attached hydrogen (secondary N) is 1. The van der Waals surface area contributed by atoms with Crippen LogP contribution in [0.4, 0.5) is 17.6 Å². The van der Waals surface area contributed by atoms with Crippen LogP contribution in [0.5, 0.6) is 5.75 Å². The fourth-order valence-corrected chi connectivity index (χ4v) is 4.24. The Hall–Kier alpha value is -2.30. The van der Waals surface area contributed by atoms with Crippen LogP contribution < -0.4 is 10.1 Å². The molecule has 0 spiro atoms. The van der Waals surface area contributed by atoms with Gasteiger partial charge < -0.3 is 10.1 Å². The zero-order valence-electron chi connectivity index (χ0n) is 18.5. The zero-order valence-corrected chi connectivity index (χ0v) is 19.3. The first-order chi connectivity index (χ1) is 14.9. The average Bonchev–Trinajstić information content (AvgIpc) is 2.72. The van der Waals surface area contributed by atoms with Crippen molar-refractivity contribution < 1.29 is 22.3 Å².